The fourth-order valence-corrected chi connectivity index (χ4v) is 1.23. The Hall–Kier alpha value is -1.07. The number of carbonyl (C=O) groups is 1. The molecule has 5 nitrogen and oxygen atoms in total. The molecule has 0 fully saturated rings. The van der Waals surface area contributed by atoms with Gasteiger partial charge in [-0.15, -0.1) is 12.4 Å². The van der Waals surface area contributed by atoms with E-state index in [0.717, 1.165) is 0 Å². The zero-order chi connectivity index (χ0) is 11.4. The summed E-state index contributed by atoms with van der Waals surface area (Å²) in [5.74, 6) is 0.527. The summed E-state index contributed by atoms with van der Waals surface area (Å²) in [4.78, 5) is 11.5. The SMILES string of the molecule is CC[C@H](N)C(=O)Nc1ccnn1C(C)C.Cl. The van der Waals surface area contributed by atoms with Crippen molar-refractivity contribution >= 4 is 24.1 Å². The van der Waals surface area contributed by atoms with Gasteiger partial charge >= 0.3 is 0 Å². The fraction of sp³-hybridized carbons (Fsp3) is 0.600. The Kier molecular flexibility index (Phi) is 6.06. The molecule has 1 amide bonds. The zero-order valence-electron chi connectivity index (χ0n) is 9.80. The Balaban J connectivity index is 0.00000225. The maximum atomic E-state index is 11.5. The molecule has 16 heavy (non-hydrogen) atoms. The van der Waals surface area contributed by atoms with E-state index >= 15 is 0 Å². The molecule has 1 rings (SSSR count). The van der Waals surface area contributed by atoms with Crippen molar-refractivity contribution in [1.82, 2.24) is 9.78 Å². The molecule has 6 heteroatoms. The van der Waals surface area contributed by atoms with Crippen molar-refractivity contribution in [1.29, 1.82) is 0 Å². The van der Waals surface area contributed by atoms with Gasteiger partial charge in [0.05, 0.1) is 12.2 Å². The Morgan fingerprint density at radius 1 is 1.62 bits per heavy atom. The first-order valence-corrected chi connectivity index (χ1v) is 5.16. The lowest BCUT2D eigenvalue weighted by Crippen LogP contribution is -2.35. The number of nitrogens with one attached hydrogen (secondary N) is 1. The Morgan fingerprint density at radius 3 is 2.75 bits per heavy atom. The van der Waals surface area contributed by atoms with Gasteiger partial charge < -0.3 is 11.1 Å². The van der Waals surface area contributed by atoms with Crippen LogP contribution in [0.5, 0.6) is 0 Å². The molecule has 0 unspecified atom stereocenters. The summed E-state index contributed by atoms with van der Waals surface area (Å²) < 4.78 is 1.75. The van der Waals surface area contributed by atoms with E-state index < -0.39 is 6.04 Å². The van der Waals surface area contributed by atoms with E-state index in [-0.39, 0.29) is 24.4 Å². The van der Waals surface area contributed by atoms with Crippen molar-refractivity contribution in [2.45, 2.75) is 39.3 Å². The van der Waals surface area contributed by atoms with E-state index in [1.807, 2.05) is 20.8 Å². The molecule has 1 heterocycles. The van der Waals surface area contributed by atoms with Crippen molar-refractivity contribution in [2.24, 2.45) is 5.73 Å². The Morgan fingerprint density at radius 2 is 2.25 bits per heavy atom. The highest BCUT2D eigenvalue weighted by atomic mass is 35.5. The molecule has 0 saturated carbocycles. The van der Waals surface area contributed by atoms with Crippen LogP contribution in [0.15, 0.2) is 12.3 Å². The maximum absolute atomic E-state index is 11.5. The van der Waals surface area contributed by atoms with Crippen LogP contribution in [0.25, 0.3) is 0 Å². The molecule has 1 aromatic rings. The number of nitrogens with two attached hydrogens (primary N) is 1. The second-order valence-electron chi connectivity index (χ2n) is 3.76. The van der Waals surface area contributed by atoms with Crippen LogP contribution in [0.2, 0.25) is 0 Å². The number of amides is 1. The van der Waals surface area contributed by atoms with Gasteiger partial charge in [0.15, 0.2) is 0 Å². The third kappa shape index (κ3) is 3.50. The van der Waals surface area contributed by atoms with Crippen molar-refractivity contribution in [3.63, 3.8) is 0 Å². The zero-order valence-corrected chi connectivity index (χ0v) is 10.6. The summed E-state index contributed by atoms with van der Waals surface area (Å²) in [7, 11) is 0. The van der Waals surface area contributed by atoms with Crippen LogP contribution < -0.4 is 11.1 Å². The Labute approximate surface area is 102 Å². The molecule has 0 radical (unpaired) electrons. The normalized spacial score (nSPS) is 12.1. The quantitative estimate of drug-likeness (QED) is 0.847. The molecule has 92 valence electrons. The number of aromatic nitrogens is 2. The minimum atomic E-state index is -0.458. The van der Waals surface area contributed by atoms with E-state index in [2.05, 4.69) is 10.4 Å². The second kappa shape index (κ2) is 6.50. The second-order valence-corrected chi connectivity index (χ2v) is 3.76. The van der Waals surface area contributed by atoms with Crippen molar-refractivity contribution in [3.05, 3.63) is 12.3 Å². The maximum Gasteiger partial charge on any atom is 0.242 e. The van der Waals surface area contributed by atoms with Gasteiger partial charge in [-0.1, -0.05) is 6.92 Å². The number of hydrogen-bond donors (Lipinski definition) is 2. The van der Waals surface area contributed by atoms with Crippen molar-refractivity contribution in [3.8, 4) is 0 Å². The third-order valence-electron chi connectivity index (χ3n) is 2.19. The topological polar surface area (TPSA) is 72.9 Å². The van der Waals surface area contributed by atoms with Crippen molar-refractivity contribution < 1.29 is 4.79 Å². The molecular weight excluding hydrogens is 228 g/mol. The van der Waals surface area contributed by atoms with Gasteiger partial charge in [-0.25, -0.2) is 4.68 Å². The largest absolute Gasteiger partial charge is 0.320 e. The number of nitrogens with zero attached hydrogens (tertiary/aromatic N) is 2. The summed E-state index contributed by atoms with van der Waals surface area (Å²) in [5.41, 5.74) is 5.62. The van der Waals surface area contributed by atoms with Gasteiger partial charge in [0, 0.05) is 12.1 Å². The van der Waals surface area contributed by atoms with Crippen molar-refractivity contribution in [2.75, 3.05) is 5.32 Å². The van der Waals surface area contributed by atoms with Gasteiger partial charge in [-0.2, -0.15) is 5.10 Å². The average molecular weight is 247 g/mol. The molecule has 0 aliphatic heterocycles. The van der Waals surface area contributed by atoms with Crippen LogP contribution in [0.3, 0.4) is 0 Å². The molecular formula is C10H19ClN4O. The molecule has 0 aromatic carbocycles. The van der Waals surface area contributed by atoms with E-state index in [9.17, 15) is 4.79 Å². The summed E-state index contributed by atoms with van der Waals surface area (Å²) in [5, 5.41) is 6.87. The smallest absolute Gasteiger partial charge is 0.242 e. The third-order valence-corrected chi connectivity index (χ3v) is 2.19. The van der Waals surface area contributed by atoms with Crippen LogP contribution in [-0.2, 0) is 4.79 Å². The first kappa shape index (κ1) is 14.9. The molecule has 3 N–H and O–H groups in total. The molecule has 1 aromatic heterocycles. The fourth-order valence-electron chi connectivity index (χ4n) is 1.23. The van der Waals surface area contributed by atoms with Gasteiger partial charge in [0.1, 0.15) is 5.82 Å². The van der Waals surface area contributed by atoms with Gasteiger partial charge in [-0.05, 0) is 20.3 Å². The lowest BCUT2D eigenvalue weighted by molar-refractivity contribution is -0.117. The summed E-state index contributed by atoms with van der Waals surface area (Å²) >= 11 is 0. The summed E-state index contributed by atoms with van der Waals surface area (Å²) in [6.07, 6.45) is 2.29. The predicted octanol–water partition coefficient (Wildman–Crippen LogP) is 1.56. The van der Waals surface area contributed by atoms with Crippen LogP contribution in [-0.4, -0.2) is 21.7 Å². The molecule has 0 aliphatic rings. The average Bonchev–Trinajstić information content (AvgIpc) is 2.64. The number of carbonyl (C=O) groups excluding carboxylic acids is 1. The molecule has 1 atom stereocenters. The minimum absolute atomic E-state index is 0. The number of hydrogen-bond acceptors (Lipinski definition) is 3. The van der Waals surface area contributed by atoms with Gasteiger partial charge in [0.25, 0.3) is 0 Å². The van der Waals surface area contributed by atoms with Gasteiger partial charge in [-0.3, -0.25) is 4.79 Å². The molecule has 0 saturated heterocycles. The van der Waals surface area contributed by atoms with Crippen LogP contribution >= 0.6 is 12.4 Å². The lowest BCUT2D eigenvalue weighted by atomic mass is 10.2. The highest BCUT2D eigenvalue weighted by Crippen LogP contribution is 2.13. The predicted molar refractivity (Wildman–Crippen MR) is 66.8 cm³/mol. The van der Waals surface area contributed by atoms with E-state index in [1.54, 1.807) is 16.9 Å². The Bertz CT molecular complexity index is 337. The number of halogens is 1. The first-order chi connectivity index (χ1) is 7.06. The van der Waals surface area contributed by atoms with Crippen LogP contribution in [0.4, 0.5) is 5.82 Å². The first-order valence-electron chi connectivity index (χ1n) is 5.16. The highest BCUT2D eigenvalue weighted by molar-refractivity contribution is 5.93. The monoisotopic (exact) mass is 246 g/mol. The van der Waals surface area contributed by atoms with Gasteiger partial charge in [0.2, 0.25) is 5.91 Å². The standard InChI is InChI=1S/C10H18N4O.ClH/c1-4-8(11)10(15)13-9-5-6-12-14(9)7(2)3;/h5-8H,4,11H2,1-3H3,(H,13,15);1H/t8-;/m0./s1. The molecule has 0 bridgehead atoms. The van der Waals surface area contributed by atoms with Crippen LogP contribution in [0.1, 0.15) is 33.2 Å². The number of anilines is 1. The minimum Gasteiger partial charge on any atom is -0.320 e. The molecule has 0 aliphatic carbocycles. The van der Waals surface area contributed by atoms with E-state index in [0.29, 0.717) is 12.2 Å². The van der Waals surface area contributed by atoms with E-state index in [1.165, 1.54) is 0 Å². The highest BCUT2D eigenvalue weighted by Gasteiger charge is 2.14. The summed E-state index contributed by atoms with van der Waals surface area (Å²) in [6.45, 7) is 5.88. The van der Waals surface area contributed by atoms with Crippen LogP contribution in [0, 0.1) is 0 Å². The number of rotatable bonds is 4. The van der Waals surface area contributed by atoms with E-state index in [4.69, 9.17) is 5.73 Å². The molecule has 0 spiro atoms. The summed E-state index contributed by atoms with van der Waals surface area (Å²) in [6, 6.07) is 1.52. The lowest BCUT2D eigenvalue weighted by Gasteiger charge is -2.13.